The van der Waals surface area contributed by atoms with E-state index in [1.807, 2.05) is 0 Å². The second-order valence-corrected chi connectivity index (χ2v) is 6.00. The summed E-state index contributed by atoms with van der Waals surface area (Å²) in [4.78, 5) is 21.4. The van der Waals surface area contributed by atoms with Crippen LogP contribution in [-0.2, 0) is 0 Å². The highest BCUT2D eigenvalue weighted by Gasteiger charge is 2.23. The summed E-state index contributed by atoms with van der Waals surface area (Å²) in [6, 6.07) is 1.60. The Kier molecular flexibility index (Phi) is 3.73. The van der Waals surface area contributed by atoms with Crippen molar-refractivity contribution in [2.75, 3.05) is 18.0 Å². The highest BCUT2D eigenvalue weighted by Crippen LogP contribution is 2.24. The van der Waals surface area contributed by atoms with Crippen LogP contribution in [0, 0.1) is 11.8 Å². The third kappa shape index (κ3) is 2.92. The van der Waals surface area contributed by atoms with Crippen LogP contribution in [0.25, 0.3) is 0 Å². The lowest BCUT2D eigenvalue weighted by Gasteiger charge is -2.35. The number of aromatic nitrogens is 2. The molecular formula is C14H23N3O. The maximum Gasteiger partial charge on any atom is 0.252 e. The molecule has 1 aromatic rings. The van der Waals surface area contributed by atoms with Crippen molar-refractivity contribution in [1.29, 1.82) is 0 Å². The van der Waals surface area contributed by atoms with E-state index >= 15 is 0 Å². The number of piperidine rings is 1. The van der Waals surface area contributed by atoms with Gasteiger partial charge >= 0.3 is 0 Å². The molecule has 4 nitrogen and oxygen atoms in total. The summed E-state index contributed by atoms with van der Waals surface area (Å²) in [5.74, 6) is 2.33. The van der Waals surface area contributed by atoms with Gasteiger partial charge in [-0.05, 0) is 24.2 Å². The van der Waals surface area contributed by atoms with E-state index in [-0.39, 0.29) is 11.5 Å². The number of anilines is 1. The minimum absolute atomic E-state index is 0.0467. The minimum atomic E-state index is -0.0467. The van der Waals surface area contributed by atoms with Gasteiger partial charge in [-0.3, -0.25) is 9.78 Å². The van der Waals surface area contributed by atoms with E-state index in [0.29, 0.717) is 11.8 Å². The van der Waals surface area contributed by atoms with E-state index in [4.69, 9.17) is 0 Å². The molecule has 18 heavy (non-hydrogen) atoms. The Hall–Kier alpha value is -1.32. The fraction of sp³-hybridized carbons (Fsp3) is 0.714. The van der Waals surface area contributed by atoms with Crippen molar-refractivity contribution in [3.05, 3.63) is 22.1 Å². The second-order valence-electron chi connectivity index (χ2n) is 6.00. The molecule has 100 valence electrons. The molecule has 1 aliphatic heterocycles. The molecule has 1 aromatic heterocycles. The topological polar surface area (TPSA) is 49.0 Å². The quantitative estimate of drug-likeness (QED) is 0.875. The molecule has 2 unspecified atom stereocenters. The smallest absolute Gasteiger partial charge is 0.252 e. The first-order chi connectivity index (χ1) is 8.45. The van der Waals surface area contributed by atoms with Crippen LogP contribution in [0.2, 0.25) is 0 Å². The molecule has 0 aliphatic carbocycles. The van der Waals surface area contributed by atoms with Crippen molar-refractivity contribution in [2.24, 2.45) is 11.8 Å². The van der Waals surface area contributed by atoms with Crippen LogP contribution in [-0.4, -0.2) is 23.1 Å². The first-order valence-corrected chi connectivity index (χ1v) is 6.82. The van der Waals surface area contributed by atoms with Gasteiger partial charge in [0.05, 0.1) is 5.69 Å². The molecule has 4 heteroatoms. The average Bonchev–Trinajstić information content (AvgIpc) is 2.26. The van der Waals surface area contributed by atoms with Gasteiger partial charge in [-0.25, -0.2) is 4.98 Å². The zero-order valence-corrected chi connectivity index (χ0v) is 11.7. The van der Waals surface area contributed by atoms with E-state index in [1.165, 1.54) is 6.42 Å². The van der Waals surface area contributed by atoms with E-state index in [2.05, 4.69) is 42.6 Å². The third-order valence-electron chi connectivity index (χ3n) is 3.51. The Morgan fingerprint density at radius 2 is 1.94 bits per heavy atom. The van der Waals surface area contributed by atoms with Crippen molar-refractivity contribution in [3.8, 4) is 0 Å². The van der Waals surface area contributed by atoms with Crippen LogP contribution < -0.4 is 10.5 Å². The van der Waals surface area contributed by atoms with E-state index < -0.39 is 0 Å². The molecule has 0 spiro atoms. The number of aromatic amines is 1. The summed E-state index contributed by atoms with van der Waals surface area (Å²) < 4.78 is 0. The van der Waals surface area contributed by atoms with Crippen LogP contribution in [0.5, 0.6) is 0 Å². The van der Waals surface area contributed by atoms with Gasteiger partial charge < -0.3 is 4.90 Å². The molecular weight excluding hydrogens is 226 g/mol. The normalized spacial score (nSPS) is 24.6. The maximum absolute atomic E-state index is 11.7. The first kappa shape index (κ1) is 13.1. The van der Waals surface area contributed by atoms with Crippen molar-refractivity contribution < 1.29 is 0 Å². The minimum Gasteiger partial charge on any atom is -0.342 e. The summed E-state index contributed by atoms with van der Waals surface area (Å²) in [7, 11) is 0. The molecule has 2 atom stereocenters. The molecule has 2 heterocycles. The van der Waals surface area contributed by atoms with Crippen molar-refractivity contribution in [2.45, 2.75) is 40.0 Å². The van der Waals surface area contributed by atoms with Crippen molar-refractivity contribution in [3.63, 3.8) is 0 Å². The number of hydrogen-bond donors (Lipinski definition) is 1. The van der Waals surface area contributed by atoms with Crippen LogP contribution >= 0.6 is 0 Å². The number of nitrogens with zero attached hydrogens (tertiary/aromatic N) is 2. The van der Waals surface area contributed by atoms with E-state index in [9.17, 15) is 4.79 Å². The molecule has 0 bridgehead atoms. The number of hydrogen-bond acceptors (Lipinski definition) is 3. The lowest BCUT2D eigenvalue weighted by atomic mass is 9.92. The molecule has 2 rings (SSSR count). The molecule has 1 aliphatic rings. The van der Waals surface area contributed by atoms with Crippen LogP contribution in [0.1, 0.15) is 45.7 Å². The van der Waals surface area contributed by atoms with Gasteiger partial charge in [-0.15, -0.1) is 0 Å². The average molecular weight is 249 g/mol. The van der Waals surface area contributed by atoms with Gasteiger partial charge in [-0.1, -0.05) is 27.7 Å². The summed E-state index contributed by atoms with van der Waals surface area (Å²) in [6.07, 6.45) is 1.25. The predicted octanol–water partition coefficient (Wildman–Crippen LogP) is 2.38. The Morgan fingerprint density at radius 3 is 2.50 bits per heavy atom. The fourth-order valence-electron chi connectivity index (χ4n) is 2.74. The number of nitrogens with one attached hydrogen (secondary N) is 1. The standard InChI is InChI=1S/C14H23N3O/c1-9(2)12-6-13(18)16-14(15-12)17-7-10(3)5-11(4)8-17/h6,9-11H,5,7-8H2,1-4H3,(H,15,16,18). The highest BCUT2D eigenvalue weighted by atomic mass is 16.1. The van der Waals surface area contributed by atoms with Gasteiger partial charge in [0.15, 0.2) is 0 Å². The Labute approximate surface area is 108 Å². The summed E-state index contributed by atoms with van der Waals surface area (Å²) in [6.45, 7) is 10.6. The van der Waals surface area contributed by atoms with Gasteiger partial charge in [-0.2, -0.15) is 0 Å². The van der Waals surface area contributed by atoms with Gasteiger partial charge in [0.25, 0.3) is 5.56 Å². The van der Waals surface area contributed by atoms with E-state index in [0.717, 1.165) is 24.7 Å². The SMILES string of the molecule is CC1CC(C)CN(c2nc(C(C)C)cc(=O)[nH]2)C1. The van der Waals surface area contributed by atoms with Gasteiger partial charge in [0.1, 0.15) is 0 Å². The highest BCUT2D eigenvalue weighted by molar-refractivity contribution is 5.32. The second kappa shape index (κ2) is 5.12. The number of rotatable bonds is 2. The zero-order chi connectivity index (χ0) is 13.3. The van der Waals surface area contributed by atoms with Crippen molar-refractivity contribution >= 4 is 5.95 Å². The fourth-order valence-corrected chi connectivity index (χ4v) is 2.74. The summed E-state index contributed by atoms with van der Waals surface area (Å²) in [5.41, 5.74) is 0.828. The summed E-state index contributed by atoms with van der Waals surface area (Å²) in [5, 5.41) is 0. The van der Waals surface area contributed by atoms with Gasteiger partial charge in [0.2, 0.25) is 5.95 Å². The molecule has 1 N–H and O–H groups in total. The zero-order valence-electron chi connectivity index (χ0n) is 11.7. The lowest BCUT2D eigenvalue weighted by molar-refractivity contribution is 0.353. The molecule has 0 saturated carbocycles. The van der Waals surface area contributed by atoms with Crippen LogP contribution in [0.3, 0.4) is 0 Å². The Balaban J connectivity index is 2.29. The third-order valence-corrected chi connectivity index (χ3v) is 3.51. The maximum atomic E-state index is 11.7. The first-order valence-electron chi connectivity index (χ1n) is 6.82. The number of H-pyrrole nitrogens is 1. The molecule has 0 aromatic carbocycles. The van der Waals surface area contributed by atoms with Crippen LogP contribution in [0.15, 0.2) is 10.9 Å². The monoisotopic (exact) mass is 249 g/mol. The molecule has 0 radical (unpaired) electrons. The Morgan fingerprint density at radius 1 is 1.33 bits per heavy atom. The van der Waals surface area contributed by atoms with Gasteiger partial charge in [0, 0.05) is 19.2 Å². The van der Waals surface area contributed by atoms with Crippen LogP contribution in [0.4, 0.5) is 5.95 Å². The van der Waals surface area contributed by atoms with E-state index in [1.54, 1.807) is 6.07 Å². The Bertz CT molecular complexity index is 456. The largest absolute Gasteiger partial charge is 0.342 e. The predicted molar refractivity (Wildman–Crippen MR) is 74.1 cm³/mol. The molecule has 1 saturated heterocycles. The van der Waals surface area contributed by atoms with Crippen molar-refractivity contribution in [1.82, 2.24) is 9.97 Å². The molecule has 0 amide bonds. The summed E-state index contributed by atoms with van der Waals surface area (Å²) >= 11 is 0. The molecule has 1 fully saturated rings. The lowest BCUT2D eigenvalue weighted by Crippen LogP contribution is -2.40.